The lowest BCUT2D eigenvalue weighted by molar-refractivity contribution is 0.354. The minimum Gasteiger partial charge on any atom is -0.490 e. The summed E-state index contributed by atoms with van der Waals surface area (Å²) in [7, 11) is 0. The first-order valence-electron chi connectivity index (χ1n) is 3.08. The zero-order valence-electron chi connectivity index (χ0n) is 5.66. The first kappa shape index (κ1) is 6.87. The molecule has 0 aliphatic carbocycles. The van der Waals surface area contributed by atoms with Gasteiger partial charge in [-0.2, -0.15) is 0 Å². The van der Waals surface area contributed by atoms with Gasteiger partial charge in [0.05, 0.1) is 6.26 Å². The number of ether oxygens (including phenoxy) is 1. The Morgan fingerprint density at radius 1 is 1.20 bits per heavy atom. The molecule has 0 amide bonds. The molecule has 1 nitrogen and oxygen atoms in total. The molecule has 0 spiro atoms. The zero-order chi connectivity index (χ0) is 7.23. The van der Waals surface area contributed by atoms with E-state index in [1.807, 2.05) is 30.3 Å². The number of rotatable bonds is 3. The van der Waals surface area contributed by atoms with Crippen LogP contribution in [0.15, 0.2) is 43.2 Å². The molecular formula is C9H9O. The Morgan fingerprint density at radius 2 is 1.90 bits per heavy atom. The van der Waals surface area contributed by atoms with Crippen molar-refractivity contribution in [3.8, 4) is 0 Å². The third-order valence-electron chi connectivity index (χ3n) is 1.10. The predicted molar refractivity (Wildman–Crippen MR) is 41.1 cm³/mol. The number of hydrogen-bond acceptors (Lipinski definition) is 1. The number of benzene rings is 1. The fourth-order valence-corrected chi connectivity index (χ4v) is 0.658. The molecule has 0 saturated heterocycles. The lowest BCUT2D eigenvalue weighted by Crippen LogP contribution is -1.80. The highest BCUT2D eigenvalue weighted by Crippen LogP contribution is 2.01. The lowest BCUT2D eigenvalue weighted by atomic mass is 10.2. The van der Waals surface area contributed by atoms with E-state index in [-0.39, 0.29) is 0 Å². The van der Waals surface area contributed by atoms with Crippen LogP contribution in [0.1, 0.15) is 5.56 Å². The van der Waals surface area contributed by atoms with Gasteiger partial charge >= 0.3 is 0 Å². The topological polar surface area (TPSA) is 9.23 Å². The molecule has 0 atom stereocenters. The Morgan fingerprint density at radius 3 is 2.50 bits per heavy atom. The molecule has 1 rings (SSSR count). The van der Waals surface area contributed by atoms with Crippen molar-refractivity contribution >= 4 is 0 Å². The summed E-state index contributed by atoms with van der Waals surface area (Å²) in [6, 6.07) is 9.80. The molecule has 0 unspecified atom stereocenters. The van der Waals surface area contributed by atoms with E-state index in [4.69, 9.17) is 4.74 Å². The molecule has 0 aliphatic heterocycles. The highest BCUT2D eigenvalue weighted by molar-refractivity contribution is 5.19. The summed E-state index contributed by atoms with van der Waals surface area (Å²) >= 11 is 0. The van der Waals surface area contributed by atoms with Crippen LogP contribution in [0.25, 0.3) is 0 Å². The Labute approximate surface area is 61.0 Å². The van der Waals surface area contributed by atoms with Crippen LogP contribution in [-0.4, -0.2) is 0 Å². The molecule has 51 valence electrons. The minimum absolute atomic E-state index is 1.04. The summed E-state index contributed by atoms with van der Waals surface area (Å²) in [5.74, 6) is 0. The van der Waals surface area contributed by atoms with Crippen molar-refractivity contribution in [2.75, 3.05) is 0 Å². The van der Waals surface area contributed by atoms with Gasteiger partial charge in [-0.05, 0) is 5.56 Å². The fourth-order valence-electron chi connectivity index (χ4n) is 0.658. The van der Waals surface area contributed by atoms with E-state index >= 15 is 0 Å². The van der Waals surface area contributed by atoms with Crippen LogP contribution < -0.4 is 0 Å². The van der Waals surface area contributed by atoms with Crippen molar-refractivity contribution < 1.29 is 4.74 Å². The van der Waals surface area contributed by atoms with Gasteiger partial charge in [0.1, 0.15) is 0 Å². The van der Waals surface area contributed by atoms with Crippen LogP contribution in [-0.2, 0) is 4.74 Å². The summed E-state index contributed by atoms with van der Waals surface area (Å²) < 4.78 is 4.86. The summed E-state index contributed by atoms with van der Waals surface area (Å²) in [6.45, 7) is 5.07. The maximum atomic E-state index is 4.86. The molecule has 0 aliphatic rings. The molecule has 10 heavy (non-hydrogen) atoms. The van der Waals surface area contributed by atoms with Crippen molar-refractivity contribution in [3.63, 3.8) is 0 Å². The Kier molecular flexibility index (Phi) is 2.56. The second-order valence-electron chi connectivity index (χ2n) is 1.83. The van der Waals surface area contributed by atoms with Crippen LogP contribution in [0, 0.1) is 6.61 Å². The molecule has 0 fully saturated rings. The third-order valence-corrected chi connectivity index (χ3v) is 1.10. The smallest absolute Gasteiger partial charge is 0.164 e. The van der Waals surface area contributed by atoms with Crippen molar-refractivity contribution in [2.45, 2.75) is 0 Å². The van der Waals surface area contributed by atoms with Crippen molar-refractivity contribution in [1.29, 1.82) is 0 Å². The van der Waals surface area contributed by atoms with Crippen molar-refractivity contribution in [1.82, 2.24) is 0 Å². The third kappa shape index (κ3) is 1.94. The van der Waals surface area contributed by atoms with Crippen LogP contribution in [0.2, 0.25) is 0 Å². The van der Waals surface area contributed by atoms with Gasteiger partial charge in [-0.3, -0.25) is 0 Å². The van der Waals surface area contributed by atoms with Crippen LogP contribution >= 0.6 is 0 Å². The van der Waals surface area contributed by atoms with E-state index in [9.17, 15) is 0 Å². The molecule has 1 radical (unpaired) electrons. The van der Waals surface area contributed by atoms with E-state index in [1.165, 1.54) is 6.26 Å². The van der Waals surface area contributed by atoms with Gasteiger partial charge < -0.3 is 4.74 Å². The quantitative estimate of drug-likeness (QED) is 0.575. The molecule has 1 heteroatoms. The van der Waals surface area contributed by atoms with E-state index < -0.39 is 0 Å². The van der Waals surface area contributed by atoms with Gasteiger partial charge in [0, 0.05) is 0 Å². The Bertz CT molecular complexity index is 191. The maximum absolute atomic E-state index is 4.86. The maximum Gasteiger partial charge on any atom is 0.164 e. The zero-order valence-corrected chi connectivity index (χ0v) is 5.66. The summed E-state index contributed by atoms with van der Waals surface area (Å²) in [4.78, 5) is 0. The van der Waals surface area contributed by atoms with Crippen LogP contribution in [0.3, 0.4) is 0 Å². The largest absolute Gasteiger partial charge is 0.490 e. The molecule has 0 N–H and O–H groups in total. The average Bonchev–Trinajstić information content (AvgIpc) is 2.03. The van der Waals surface area contributed by atoms with Gasteiger partial charge in [-0.25, -0.2) is 0 Å². The Balaban J connectivity index is 2.50. The molecule has 0 bridgehead atoms. The number of hydrogen-bond donors (Lipinski definition) is 0. The standard InChI is InChI=1S/C9H9O/c1-2-10-8-9-6-4-3-5-7-9/h2-8H,1H2. The van der Waals surface area contributed by atoms with Gasteiger partial charge in [-0.15, -0.1) is 0 Å². The molecular weight excluding hydrogens is 124 g/mol. The molecule has 1 aromatic carbocycles. The molecule has 1 aromatic rings. The highest BCUT2D eigenvalue weighted by atomic mass is 16.5. The van der Waals surface area contributed by atoms with Crippen LogP contribution in [0.5, 0.6) is 0 Å². The summed E-state index contributed by atoms with van der Waals surface area (Å²) in [5.41, 5.74) is 1.04. The van der Waals surface area contributed by atoms with E-state index in [0.29, 0.717) is 0 Å². The van der Waals surface area contributed by atoms with Gasteiger partial charge in [0.15, 0.2) is 6.61 Å². The lowest BCUT2D eigenvalue weighted by Gasteiger charge is -1.96. The second-order valence-corrected chi connectivity index (χ2v) is 1.83. The molecule has 0 saturated carbocycles. The second kappa shape index (κ2) is 3.72. The molecule has 0 aromatic heterocycles. The van der Waals surface area contributed by atoms with Gasteiger partial charge in [0.2, 0.25) is 0 Å². The minimum atomic E-state index is 1.04. The van der Waals surface area contributed by atoms with Crippen LogP contribution in [0.4, 0.5) is 0 Å². The molecule has 0 heterocycles. The summed E-state index contributed by atoms with van der Waals surface area (Å²) in [5, 5.41) is 0. The van der Waals surface area contributed by atoms with Gasteiger partial charge in [0.25, 0.3) is 0 Å². The van der Waals surface area contributed by atoms with E-state index in [0.717, 1.165) is 5.56 Å². The first-order valence-corrected chi connectivity index (χ1v) is 3.08. The Hall–Kier alpha value is -1.24. The SMILES string of the molecule is C=CO[CH]c1ccccc1. The predicted octanol–water partition coefficient (Wildman–Crippen LogP) is 2.36. The van der Waals surface area contributed by atoms with E-state index in [2.05, 4.69) is 6.58 Å². The van der Waals surface area contributed by atoms with Crippen molar-refractivity contribution in [3.05, 3.63) is 55.3 Å². The highest BCUT2D eigenvalue weighted by Gasteiger charge is 1.87. The van der Waals surface area contributed by atoms with Gasteiger partial charge in [-0.1, -0.05) is 36.9 Å². The van der Waals surface area contributed by atoms with E-state index in [1.54, 1.807) is 6.61 Å². The average molecular weight is 133 g/mol. The fraction of sp³-hybridized carbons (Fsp3) is 0. The normalized spacial score (nSPS) is 8.80. The first-order chi connectivity index (χ1) is 4.93. The summed E-state index contributed by atoms with van der Waals surface area (Å²) in [6.07, 6.45) is 1.40. The van der Waals surface area contributed by atoms with Crippen molar-refractivity contribution in [2.24, 2.45) is 0 Å². The monoisotopic (exact) mass is 133 g/mol.